The summed E-state index contributed by atoms with van der Waals surface area (Å²) in [5.74, 6) is -0.0249. The zero-order valence-corrected chi connectivity index (χ0v) is 10.7. The third kappa shape index (κ3) is 3.20. The summed E-state index contributed by atoms with van der Waals surface area (Å²) >= 11 is 0.669. The van der Waals surface area contributed by atoms with E-state index in [1.165, 1.54) is 6.92 Å². The number of amides is 3. The summed E-state index contributed by atoms with van der Waals surface area (Å²) in [6.07, 6.45) is 1.92. The van der Waals surface area contributed by atoms with Crippen molar-refractivity contribution in [3.8, 4) is 0 Å². The number of nitrogens with zero attached hydrogens (tertiary/aromatic N) is 1. The third-order valence-corrected chi connectivity index (χ3v) is 2.76. The fourth-order valence-corrected chi connectivity index (χ4v) is 2.04. The SMILES string of the molecule is CC(=O)NC1CCCN(C(=O)[NH][AlH2])C1. The maximum atomic E-state index is 11.3. The lowest BCUT2D eigenvalue weighted by atomic mass is 10.1. The molecule has 1 heterocycles. The zero-order valence-electron chi connectivity index (χ0n) is 8.67. The summed E-state index contributed by atoms with van der Waals surface area (Å²) in [5.41, 5.74) is 0. The van der Waals surface area contributed by atoms with Crippen molar-refractivity contribution in [1.29, 1.82) is 0 Å². The molecule has 6 heteroatoms. The topological polar surface area (TPSA) is 61.4 Å². The van der Waals surface area contributed by atoms with E-state index in [0.29, 0.717) is 23.1 Å². The molecule has 1 atom stereocenters. The van der Waals surface area contributed by atoms with E-state index in [2.05, 4.69) is 9.62 Å². The van der Waals surface area contributed by atoms with E-state index in [-0.39, 0.29) is 18.0 Å². The van der Waals surface area contributed by atoms with Crippen LogP contribution in [0.2, 0.25) is 0 Å². The molecule has 14 heavy (non-hydrogen) atoms. The van der Waals surface area contributed by atoms with E-state index in [4.69, 9.17) is 0 Å². The second-order valence-corrected chi connectivity index (χ2v) is 4.04. The van der Waals surface area contributed by atoms with Crippen molar-refractivity contribution >= 4 is 28.4 Å². The van der Waals surface area contributed by atoms with E-state index in [9.17, 15) is 9.59 Å². The van der Waals surface area contributed by atoms with E-state index in [1.54, 1.807) is 4.90 Å². The monoisotopic (exact) mass is 213 g/mol. The van der Waals surface area contributed by atoms with Crippen molar-refractivity contribution in [2.45, 2.75) is 25.8 Å². The summed E-state index contributed by atoms with van der Waals surface area (Å²) in [7, 11) is 0. The second-order valence-electron chi connectivity index (χ2n) is 3.54. The fraction of sp³-hybridized carbons (Fsp3) is 0.750. The quantitative estimate of drug-likeness (QED) is 0.540. The molecule has 0 aromatic rings. The minimum Gasteiger partial charge on any atom is -0.435 e. The number of rotatable bonds is 1. The van der Waals surface area contributed by atoms with Crippen LogP contribution in [0.4, 0.5) is 4.79 Å². The molecule has 1 aliphatic heterocycles. The first-order valence-electron chi connectivity index (χ1n) is 4.87. The third-order valence-electron chi connectivity index (χ3n) is 2.33. The molecule has 0 spiro atoms. The Bertz CT molecular complexity index is 235. The van der Waals surface area contributed by atoms with Gasteiger partial charge in [0.25, 0.3) is 6.03 Å². The molecule has 1 rings (SSSR count). The Kier molecular flexibility index (Phi) is 4.24. The molecular formula is C8H16AlN3O2. The fourth-order valence-electron chi connectivity index (χ4n) is 1.72. The molecule has 3 amide bonds. The van der Waals surface area contributed by atoms with Crippen LogP contribution in [0.1, 0.15) is 19.8 Å². The largest absolute Gasteiger partial charge is 0.435 e. The smallest absolute Gasteiger partial charge is 0.366 e. The molecular weight excluding hydrogens is 197 g/mol. The first-order chi connectivity index (χ1) is 6.63. The number of hydrogen-bond donors (Lipinski definition) is 2. The highest BCUT2D eigenvalue weighted by molar-refractivity contribution is 6.13. The number of nitrogens with one attached hydrogen (secondary N) is 2. The maximum Gasteiger partial charge on any atom is 0.366 e. The van der Waals surface area contributed by atoms with Crippen molar-refractivity contribution in [2.24, 2.45) is 0 Å². The molecule has 0 aromatic carbocycles. The molecule has 1 aliphatic rings. The first kappa shape index (κ1) is 11.3. The van der Waals surface area contributed by atoms with Gasteiger partial charge in [0, 0.05) is 26.1 Å². The van der Waals surface area contributed by atoms with Crippen LogP contribution in [0.15, 0.2) is 0 Å². The van der Waals surface area contributed by atoms with Gasteiger partial charge in [0.15, 0.2) is 0 Å². The standard InChI is InChI=1S/C8H15N3O2.Al.2H/c1-6(12)10-7-3-2-4-11(5-7)8(9)13;;;/h7H,2-5H2,1H3,(H3,9,10,12,13);;;/q;+1;;/p-1. The van der Waals surface area contributed by atoms with Gasteiger partial charge < -0.3 is 14.5 Å². The molecule has 0 aromatic heterocycles. The predicted octanol–water partition coefficient (Wildman–Crippen LogP) is -1.16. The van der Waals surface area contributed by atoms with Gasteiger partial charge in [-0.3, -0.25) is 9.59 Å². The van der Waals surface area contributed by atoms with Crippen LogP contribution in [-0.4, -0.2) is 52.5 Å². The lowest BCUT2D eigenvalue weighted by molar-refractivity contribution is -0.119. The Morgan fingerprint density at radius 3 is 2.79 bits per heavy atom. The van der Waals surface area contributed by atoms with Crippen molar-refractivity contribution in [2.75, 3.05) is 13.1 Å². The number of likely N-dealkylation sites (tertiary alicyclic amines) is 1. The number of piperidine rings is 1. The zero-order chi connectivity index (χ0) is 10.6. The molecule has 0 radical (unpaired) electrons. The molecule has 1 unspecified atom stereocenters. The minimum atomic E-state index is -0.0249. The first-order valence-corrected chi connectivity index (χ1v) is 5.87. The highest BCUT2D eigenvalue weighted by Crippen LogP contribution is 2.09. The average Bonchev–Trinajstić information content (AvgIpc) is 2.16. The Hall–Kier alpha value is -0.728. The van der Waals surface area contributed by atoms with Gasteiger partial charge in [0.1, 0.15) is 0 Å². The van der Waals surface area contributed by atoms with Crippen LogP contribution < -0.4 is 9.62 Å². The number of urea groups is 1. The number of hydrogen-bond acceptors (Lipinski definition) is 2. The molecule has 78 valence electrons. The highest BCUT2D eigenvalue weighted by Gasteiger charge is 2.22. The summed E-state index contributed by atoms with van der Waals surface area (Å²) < 4.78 is 2.72. The van der Waals surface area contributed by atoms with E-state index in [0.717, 1.165) is 19.4 Å². The molecule has 1 fully saturated rings. The van der Waals surface area contributed by atoms with Crippen LogP contribution in [0.5, 0.6) is 0 Å². The molecule has 1 saturated heterocycles. The van der Waals surface area contributed by atoms with Crippen molar-refractivity contribution in [1.82, 2.24) is 14.5 Å². The van der Waals surface area contributed by atoms with Gasteiger partial charge in [0.2, 0.25) is 5.91 Å². The maximum absolute atomic E-state index is 11.3. The Morgan fingerprint density at radius 2 is 2.21 bits per heavy atom. The lowest BCUT2D eigenvalue weighted by Gasteiger charge is -2.32. The van der Waals surface area contributed by atoms with Crippen molar-refractivity contribution in [3.05, 3.63) is 0 Å². The summed E-state index contributed by atoms with van der Waals surface area (Å²) in [6.45, 7) is 2.93. The number of carbonyl (C=O) groups excluding carboxylic acids is 2. The molecule has 0 aliphatic carbocycles. The van der Waals surface area contributed by atoms with Gasteiger partial charge in [-0.1, -0.05) is 0 Å². The minimum absolute atomic E-state index is 0.00767. The second kappa shape index (κ2) is 5.23. The lowest BCUT2D eigenvalue weighted by Crippen LogP contribution is -2.51. The molecule has 5 nitrogen and oxygen atoms in total. The van der Waals surface area contributed by atoms with Crippen molar-refractivity contribution < 1.29 is 9.59 Å². The van der Waals surface area contributed by atoms with Crippen LogP contribution >= 0.6 is 0 Å². The summed E-state index contributed by atoms with van der Waals surface area (Å²) in [5, 5.41) is 2.84. The van der Waals surface area contributed by atoms with Gasteiger partial charge in [-0.05, 0) is 12.8 Å². The van der Waals surface area contributed by atoms with E-state index < -0.39 is 0 Å². The molecule has 0 saturated carbocycles. The Balaban J connectivity index is 2.43. The Morgan fingerprint density at radius 1 is 1.50 bits per heavy atom. The van der Waals surface area contributed by atoms with Crippen LogP contribution in [-0.2, 0) is 4.79 Å². The summed E-state index contributed by atoms with van der Waals surface area (Å²) in [4.78, 5) is 23.9. The highest BCUT2D eigenvalue weighted by atomic mass is 27.1. The Labute approximate surface area is 91.9 Å². The normalized spacial score (nSPS) is 21.5. The molecule has 0 bridgehead atoms. The van der Waals surface area contributed by atoms with Gasteiger partial charge in [0.05, 0.1) is 0 Å². The number of carbonyl (C=O) groups is 2. The summed E-state index contributed by atoms with van der Waals surface area (Å²) in [6, 6.07) is 0.118. The van der Waals surface area contributed by atoms with Gasteiger partial charge in [-0.2, -0.15) is 0 Å². The van der Waals surface area contributed by atoms with Crippen LogP contribution in [0.3, 0.4) is 0 Å². The van der Waals surface area contributed by atoms with Crippen LogP contribution in [0.25, 0.3) is 0 Å². The van der Waals surface area contributed by atoms with E-state index in [1.807, 2.05) is 0 Å². The average molecular weight is 213 g/mol. The van der Waals surface area contributed by atoms with Gasteiger partial charge >= 0.3 is 16.5 Å². The van der Waals surface area contributed by atoms with Gasteiger partial charge in [-0.15, -0.1) is 0 Å². The van der Waals surface area contributed by atoms with Gasteiger partial charge in [-0.25, -0.2) is 0 Å². The van der Waals surface area contributed by atoms with Crippen LogP contribution in [0, 0.1) is 0 Å². The predicted molar refractivity (Wildman–Crippen MR) is 55.5 cm³/mol. The van der Waals surface area contributed by atoms with E-state index >= 15 is 0 Å². The van der Waals surface area contributed by atoms with Crippen molar-refractivity contribution in [3.63, 3.8) is 0 Å². The molecule has 2 N–H and O–H groups in total.